The Hall–Kier alpha value is -3.14. The van der Waals surface area contributed by atoms with Crippen molar-refractivity contribution in [3.05, 3.63) is 77.9 Å². The molecule has 4 rings (SSSR count). The van der Waals surface area contributed by atoms with Gasteiger partial charge in [0, 0.05) is 18.2 Å². The Balaban J connectivity index is 1.58. The SMILES string of the molecule is CC(=O)Nc1ccc(C(=O)NC2(c3cccc4ccccc34)CC2)cc1. The summed E-state index contributed by atoms with van der Waals surface area (Å²) in [5, 5.41) is 8.31. The minimum atomic E-state index is -0.283. The van der Waals surface area contributed by atoms with Crippen molar-refractivity contribution in [3.63, 3.8) is 0 Å². The maximum absolute atomic E-state index is 12.7. The Morgan fingerprint density at radius 2 is 1.58 bits per heavy atom. The summed E-state index contributed by atoms with van der Waals surface area (Å²) in [6.45, 7) is 1.46. The molecule has 1 aliphatic rings. The Kier molecular flexibility index (Phi) is 3.96. The lowest BCUT2D eigenvalue weighted by Crippen LogP contribution is -2.35. The predicted octanol–water partition coefficient (Wildman–Crippen LogP) is 4.22. The fraction of sp³-hybridized carbons (Fsp3) is 0.182. The highest BCUT2D eigenvalue weighted by Crippen LogP contribution is 2.48. The van der Waals surface area contributed by atoms with Crippen LogP contribution < -0.4 is 10.6 Å². The third-order valence-electron chi connectivity index (χ3n) is 4.88. The fourth-order valence-electron chi connectivity index (χ4n) is 3.43. The molecule has 2 amide bonds. The van der Waals surface area contributed by atoms with Gasteiger partial charge in [0.15, 0.2) is 0 Å². The minimum Gasteiger partial charge on any atom is -0.342 e. The van der Waals surface area contributed by atoms with Crippen molar-refractivity contribution in [3.8, 4) is 0 Å². The zero-order valence-corrected chi connectivity index (χ0v) is 14.6. The summed E-state index contributed by atoms with van der Waals surface area (Å²) in [5.41, 5.74) is 2.17. The van der Waals surface area contributed by atoms with Gasteiger partial charge in [0.05, 0.1) is 5.54 Å². The number of carbonyl (C=O) groups excluding carboxylic acids is 2. The number of rotatable bonds is 4. The van der Waals surface area contributed by atoms with Crippen LogP contribution in [0.4, 0.5) is 5.69 Å². The topological polar surface area (TPSA) is 58.2 Å². The number of amides is 2. The number of benzene rings is 3. The van der Waals surface area contributed by atoms with Gasteiger partial charge in [-0.1, -0.05) is 42.5 Å². The predicted molar refractivity (Wildman–Crippen MR) is 103 cm³/mol. The van der Waals surface area contributed by atoms with E-state index in [9.17, 15) is 9.59 Å². The molecule has 0 aliphatic heterocycles. The highest BCUT2D eigenvalue weighted by molar-refractivity contribution is 5.97. The lowest BCUT2D eigenvalue weighted by atomic mass is 9.96. The van der Waals surface area contributed by atoms with Crippen LogP contribution in [-0.2, 0) is 10.3 Å². The van der Waals surface area contributed by atoms with E-state index in [-0.39, 0.29) is 17.4 Å². The second kappa shape index (κ2) is 6.30. The average Bonchev–Trinajstić information content (AvgIpc) is 3.42. The van der Waals surface area contributed by atoms with E-state index in [0.717, 1.165) is 12.8 Å². The maximum atomic E-state index is 12.7. The van der Waals surface area contributed by atoms with E-state index in [0.29, 0.717) is 11.3 Å². The summed E-state index contributed by atoms with van der Waals surface area (Å²) < 4.78 is 0. The molecule has 3 aromatic carbocycles. The van der Waals surface area contributed by atoms with Crippen LogP contribution in [0.1, 0.15) is 35.7 Å². The van der Waals surface area contributed by atoms with Crippen molar-refractivity contribution in [2.24, 2.45) is 0 Å². The van der Waals surface area contributed by atoms with Gasteiger partial charge >= 0.3 is 0 Å². The first-order valence-electron chi connectivity index (χ1n) is 8.76. The Morgan fingerprint density at radius 3 is 2.27 bits per heavy atom. The quantitative estimate of drug-likeness (QED) is 0.744. The van der Waals surface area contributed by atoms with Crippen LogP contribution in [0, 0.1) is 0 Å². The van der Waals surface area contributed by atoms with Gasteiger partial charge in [0.25, 0.3) is 5.91 Å². The molecule has 0 bridgehead atoms. The molecule has 1 saturated carbocycles. The van der Waals surface area contributed by atoms with Gasteiger partial charge in [-0.05, 0) is 53.4 Å². The van der Waals surface area contributed by atoms with E-state index in [1.54, 1.807) is 24.3 Å². The largest absolute Gasteiger partial charge is 0.342 e. The first-order chi connectivity index (χ1) is 12.6. The molecule has 0 spiro atoms. The molecular formula is C22H20N2O2. The highest BCUT2D eigenvalue weighted by Gasteiger charge is 2.46. The zero-order chi connectivity index (χ0) is 18.1. The molecule has 130 valence electrons. The molecule has 26 heavy (non-hydrogen) atoms. The monoisotopic (exact) mass is 344 g/mol. The van der Waals surface area contributed by atoms with Crippen LogP contribution in [0.5, 0.6) is 0 Å². The van der Waals surface area contributed by atoms with Crippen LogP contribution in [0.3, 0.4) is 0 Å². The van der Waals surface area contributed by atoms with Crippen LogP contribution >= 0.6 is 0 Å². The molecule has 2 N–H and O–H groups in total. The number of hydrogen-bond acceptors (Lipinski definition) is 2. The number of hydrogen-bond donors (Lipinski definition) is 2. The molecule has 1 aliphatic carbocycles. The van der Waals surface area contributed by atoms with Crippen molar-refractivity contribution in [2.45, 2.75) is 25.3 Å². The van der Waals surface area contributed by atoms with Gasteiger partial charge in [-0.15, -0.1) is 0 Å². The molecule has 0 saturated heterocycles. The van der Waals surface area contributed by atoms with E-state index < -0.39 is 0 Å². The summed E-state index contributed by atoms with van der Waals surface area (Å²) in [7, 11) is 0. The molecule has 4 heteroatoms. The van der Waals surface area contributed by atoms with E-state index in [1.165, 1.54) is 23.3 Å². The van der Waals surface area contributed by atoms with E-state index >= 15 is 0 Å². The number of anilines is 1. The molecule has 0 radical (unpaired) electrons. The Bertz CT molecular complexity index is 983. The number of fused-ring (bicyclic) bond motifs is 1. The van der Waals surface area contributed by atoms with Crippen LogP contribution in [0.25, 0.3) is 10.8 Å². The molecule has 0 unspecified atom stereocenters. The van der Waals surface area contributed by atoms with Gasteiger partial charge in [0.2, 0.25) is 5.91 Å². The van der Waals surface area contributed by atoms with Crippen LogP contribution in [-0.4, -0.2) is 11.8 Å². The molecule has 1 fully saturated rings. The molecule has 4 nitrogen and oxygen atoms in total. The maximum Gasteiger partial charge on any atom is 0.251 e. The molecule has 0 atom stereocenters. The van der Waals surface area contributed by atoms with Crippen LogP contribution in [0.2, 0.25) is 0 Å². The van der Waals surface area contributed by atoms with Crippen molar-refractivity contribution in [1.82, 2.24) is 5.32 Å². The lowest BCUT2D eigenvalue weighted by Gasteiger charge is -2.20. The summed E-state index contributed by atoms with van der Waals surface area (Å²) in [5.74, 6) is -0.222. The molecular weight excluding hydrogens is 324 g/mol. The first-order valence-corrected chi connectivity index (χ1v) is 8.76. The Labute approximate surface area is 152 Å². The molecule has 0 aromatic heterocycles. The van der Waals surface area contributed by atoms with Crippen molar-refractivity contribution in [1.29, 1.82) is 0 Å². The lowest BCUT2D eigenvalue weighted by molar-refractivity contribution is -0.114. The van der Waals surface area contributed by atoms with E-state index in [4.69, 9.17) is 0 Å². The van der Waals surface area contributed by atoms with E-state index in [1.807, 2.05) is 18.2 Å². The summed E-state index contributed by atoms with van der Waals surface area (Å²) in [6, 6.07) is 21.5. The number of carbonyl (C=O) groups is 2. The van der Waals surface area contributed by atoms with Gasteiger partial charge < -0.3 is 10.6 Å². The van der Waals surface area contributed by atoms with Gasteiger partial charge in [0.1, 0.15) is 0 Å². The van der Waals surface area contributed by atoms with Crippen molar-refractivity contribution >= 4 is 28.3 Å². The smallest absolute Gasteiger partial charge is 0.251 e. The van der Waals surface area contributed by atoms with Crippen molar-refractivity contribution < 1.29 is 9.59 Å². The first kappa shape index (κ1) is 16.3. The van der Waals surface area contributed by atoms with Gasteiger partial charge in [-0.2, -0.15) is 0 Å². The van der Waals surface area contributed by atoms with Crippen LogP contribution in [0.15, 0.2) is 66.7 Å². The highest BCUT2D eigenvalue weighted by atomic mass is 16.2. The second-order valence-electron chi connectivity index (χ2n) is 6.82. The number of nitrogens with one attached hydrogen (secondary N) is 2. The van der Waals surface area contributed by atoms with Gasteiger partial charge in [-0.3, -0.25) is 9.59 Å². The fourth-order valence-corrected chi connectivity index (χ4v) is 3.43. The second-order valence-corrected chi connectivity index (χ2v) is 6.82. The molecule has 3 aromatic rings. The normalized spacial score (nSPS) is 14.7. The summed E-state index contributed by atoms with van der Waals surface area (Å²) in [6.07, 6.45) is 1.88. The Morgan fingerprint density at radius 1 is 0.885 bits per heavy atom. The average molecular weight is 344 g/mol. The van der Waals surface area contributed by atoms with E-state index in [2.05, 4.69) is 34.9 Å². The van der Waals surface area contributed by atoms with Gasteiger partial charge in [-0.25, -0.2) is 0 Å². The summed E-state index contributed by atoms with van der Waals surface area (Å²) in [4.78, 5) is 23.8. The minimum absolute atomic E-state index is 0.0928. The van der Waals surface area contributed by atoms with Crippen molar-refractivity contribution in [2.75, 3.05) is 5.32 Å². The third-order valence-corrected chi connectivity index (χ3v) is 4.88. The molecule has 0 heterocycles. The summed E-state index contributed by atoms with van der Waals surface area (Å²) >= 11 is 0. The zero-order valence-electron chi connectivity index (χ0n) is 14.6. The standard InChI is InChI=1S/C22H20N2O2/c1-15(25)23-18-11-9-17(10-12-18)21(26)24-22(13-14-22)20-8-4-6-16-5-2-3-7-19(16)20/h2-12H,13-14H2,1H3,(H,23,25)(H,24,26). The third kappa shape index (κ3) is 3.06.